The lowest BCUT2D eigenvalue weighted by Crippen LogP contribution is -2.05. The smallest absolute Gasteiger partial charge is 0.182 e. The second-order valence-corrected chi connectivity index (χ2v) is 5.94. The highest BCUT2D eigenvalue weighted by atomic mass is 16.5. The Morgan fingerprint density at radius 3 is 2.85 bits per heavy atom. The Labute approximate surface area is 150 Å². The van der Waals surface area contributed by atoms with Crippen LogP contribution in [-0.2, 0) is 6.42 Å². The van der Waals surface area contributed by atoms with Gasteiger partial charge in [-0.3, -0.25) is 0 Å². The van der Waals surface area contributed by atoms with Crippen LogP contribution in [0.1, 0.15) is 12.1 Å². The first-order valence-electron chi connectivity index (χ1n) is 8.40. The van der Waals surface area contributed by atoms with E-state index in [-0.39, 0.29) is 0 Å². The van der Waals surface area contributed by atoms with E-state index in [1.165, 1.54) is 6.33 Å². The minimum absolute atomic E-state index is 0.666. The summed E-state index contributed by atoms with van der Waals surface area (Å²) in [6.45, 7) is 0.793. The minimum Gasteiger partial charge on any atom is -0.497 e. The highest BCUT2D eigenvalue weighted by Gasteiger charge is 2.09. The second-order valence-electron chi connectivity index (χ2n) is 5.94. The molecule has 0 saturated carbocycles. The first kappa shape index (κ1) is 16.2. The van der Waals surface area contributed by atoms with Crippen molar-refractivity contribution in [1.82, 2.24) is 24.9 Å². The molecule has 134 valence electrons. The number of imidazole rings is 1. The first-order chi connectivity index (χ1) is 12.8. The van der Waals surface area contributed by atoms with Crippen molar-refractivity contribution in [3.63, 3.8) is 0 Å². The summed E-state index contributed by atoms with van der Waals surface area (Å²) in [4.78, 5) is 19.0. The van der Waals surface area contributed by atoms with E-state index in [1.807, 2.05) is 12.1 Å². The largest absolute Gasteiger partial charge is 0.497 e. The summed E-state index contributed by atoms with van der Waals surface area (Å²) < 4.78 is 10.8. The van der Waals surface area contributed by atoms with Gasteiger partial charge in [0.1, 0.15) is 23.3 Å². The number of aromatic amines is 2. The van der Waals surface area contributed by atoms with Gasteiger partial charge in [-0.2, -0.15) is 0 Å². The molecule has 0 saturated heterocycles. The van der Waals surface area contributed by atoms with Crippen molar-refractivity contribution in [2.75, 3.05) is 26.1 Å². The summed E-state index contributed by atoms with van der Waals surface area (Å²) in [7, 11) is 3.32. The van der Waals surface area contributed by atoms with Crippen LogP contribution in [0, 0.1) is 0 Å². The fraction of sp³-hybridized carbons (Fsp3) is 0.278. The monoisotopic (exact) mass is 352 g/mol. The normalized spacial score (nSPS) is 11.2. The van der Waals surface area contributed by atoms with Crippen molar-refractivity contribution >= 4 is 27.9 Å². The number of hydrogen-bond acceptors (Lipinski definition) is 6. The van der Waals surface area contributed by atoms with Gasteiger partial charge in [0.25, 0.3) is 0 Å². The predicted octanol–water partition coefficient (Wildman–Crippen LogP) is 2.90. The number of hydrogen-bond donors (Lipinski definition) is 3. The zero-order valence-corrected chi connectivity index (χ0v) is 14.7. The average molecular weight is 352 g/mol. The maximum atomic E-state index is 5.46. The van der Waals surface area contributed by atoms with Gasteiger partial charge >= 0.3 is 0 Å². The Bertz CT molecular complexity index is 1040. The predicted molar refractivity (Wildman–Crippen MR) is 99.9 cm³/mol. The van der Waals surface area contributed by atoms with Crippen molar-refractivity contribution in [2.24, 2.45) is 0 Å². The molecule has 8 nitrogen and oxygen atoms in total. The number of ether oxygens (including phenoxy) is 2. The number of methoxy groups -OCH3 is 2. The summed E-state index contributed by atoms with van der Waals surface area (Å²) in [6.07, 6.45) is 5.00. The van der Waals surface area contributed by atoms with Gasteiger partial charge in [-0.15, -0.1) is 0 Å². The number of aryl methyl sites for hydroxylation is 1. The maximum absolute atomic E-state index is 5.46. The van der Waals surface area contributed by atoms with Crippen molar-refractivity contribution < 1.29 is 9.47 Å². The van der Waals surface area contributed by atoms with Gasteiger partial charge in [0.2, 0.25) is 0 Å². The topological polar surface area (TPSA) is 101 Å². The summed E-state index contributed by atoms with van der Waals surface area (Å²) in [5, 5.41) is 4.40. The molecule has 0 fully saturated rings. The molecule has 3 N–H and O–H groups in total. The molecular formula is C18H20N6O2. The molecule has 0 radical (unpaired) electrons. The molecule has 4 rings (SSSR count). The zero-order chi connectivity index (χ0) is 17.9. The lowest BCUT2D eigenvalue weighted by molar-refractivity contribution is 0.398. The van der Waals surface area contributed by atoms with E-state index in [9.17, 15) is 0 Å². The van der Waals surface area contributed by atoms with Crippen molar-refractivity contribution in [2.45, 2.75) is 12.8 Å². The number of nitrogens with zero attached hydrogens (tertiary/aromatic N) is 3. The number of rotatable bonds is 7. The quantitative estimate of drug-likeness (QED) is 0.442. The Balaban J connectivity index is 1.42. The third-order valence-corrected chi connectivity index (χ3v) is 4.32. The van der Waals surface area contributed by atoms with Crippen LogP contribution in [0.5, 0.6) is 11.5 Å². The van der Waals surface area contributed by atoms with Gasteiger partial charge in [-0.05, 0) is 18.9 Å². The third-order valence-electron chi connectivity index (χ3n) is 4.32. The van der Waals surface area contributed by atoms with Gasteiger partial charge < -0.3 is 24.8 Å². The van der Waals surface area contributed by atoms with Crippen LogP contribution in [0.2, 0.25) is 0 Å². The fourth-order valence-corrected chi connectivity index (χ4v) is 3.04. The van der Waals surface area contributed by atoms with Gasteiger partial charge in [0.05, 0.1) is 26.1 Å². The molecule has 0 atom stereocenters. The molecule has 0 bridgehead atoms. The van der Waals surface area contributed by atoms with E-state index in [4.69, 9.17) is 9.47 Å². The molecule has 1 aromatic carbocycles. The second kappa shape index (κ2) is 6.91. The van der Waals surface area contributed by atoms with Gasteiger partial charge in [0, 0.05) is 29.8 Å². The summed E-state index contributed by atoms with van der Waals surface area (Å²) in [5.41, 5.74) is 3.66. The number of anilines is 1. The van der Waals surface area contributed by atoms with Crippen molar-refractivity contribution in [1.29, 1.82) is 0 Å². The van der Waals surface area contributed by atoms with Crippen LogP contribution in [0.4, 0.5) is 5.82 Å². The van der Waals surface area contributed by atoms with Gasteiger partial charge in [-0.1, -0.05) is 0 Å². The number of H-pyrrole nitrogens is 2. The lowest BCUT2D eigenvalue weighted by atomic mass is 10.2. The molecule has 0 unspecified atom stereocenters. The summed E-state index contributed by atoms with van der Waals surface area (Å²) >= 11 is 0. The van der Waals surface area contributed by atoms with E-state index >= 15 is 0 Å². The molecule has 8 heteroatoms. The molecule has 0 spiro atoms. The van der Waals surface area contributed by atoms with E-state index in [0.717, 1.165) is 58.8 Å². The van der Waals surface area contributed by atoms with Crippen LogP contribution in [0.25, 0.3) is 22.1 Å². The van der Waals surface area contributed by atoms with Gasteiger partial charge in [0.15, 0.2) is 11.5 Å². The van der Waals surface area contributed by atoms with Crippen LogP contribution in [-0.4, -0.2) is 45.7 Å². The van der Waals surface area contributed by atoms with Crippen LogP contribution >= 0.6 is 0 Å². The zero-order valence-electron chi connectivity index (χ0n) is 14.7. The van der Waals surface area contributed by atoms with Gasteiger partial charge in [-0.25, -0.2) is 15.0 Å². The van der Waals surface area contributed by atoms with Crippen LogP contribution in [0.15, 0.2) is 30.9 Å². The fourth-order valence-electron chi connectivity index (χ4n) is 3.04. The Kier molecular flexibility index (Phi) is 4.30. The van der Waals surface area contributed by atoms with E-state index in [2.05, 4.69) is 36.3 Å². The van der Waals surface area contributed by atoms with E-state index < -0.39 is 0 Å². The Morgan fingerprint density at radius 2 is 2.00 bits per heavy atom. The maximum Gasteiger partial charge on any atom is 0.182 e. The van der Waals surface area contributed by atoms with Crippen molar-refractivity contribution in [3.05, 3.63) is 36.5 Å². The van der Waals surface area contributed by atoms with E-state index in [0.29, 0.717) is 5.65 Å². The first-order valence-corrected chi connectivity index (χ1v) is 8.40. The Morgan fingerprint density at radius 1 is 1.08 bits per heavy atom. The third kappa shape index (κ3) is 3.01. The summed E-state index contributed by atoms with van der Waals surface area (Å²) in [5.74, 6) is 2.36. The summed E-state index contributed by atoms with van der Waals surface area (Å²) in [6, 6.07) is 6.01. The van der Waals surface area contributed by atoms with E-state index in [1.54, 1.807) is 20.5 Å². The molecule has 0 aliphatic rings. The molecule has 0 aliphatic heterocycles. The average Bonchev–Trinajstić information content (AvgIpc) is 3.30. The van der Waals surface area contributed by atoms with Crippen LogP contribution in [0.3, 0.4) is 0 Å². The number of benzene rings is 1. The number of nitrogens with one attached hydrogen (secondary N) is 3. The SMILES string of the molecule is COc1cc(OC)c2cc(CCCNc3ncnc4nc[nH]c34)[nH]c2c1. The minimum atomic E-state index is 0.666. The Hall–Kier alpha value is -3.29. The molecule has 0 aliphatic carbocycles. The van der Waals surface area contributed by atoms with Crippen molar-refractivity contribution in [3.8, 4) is 11.5 Å². The standard InChI is InChI=1S/C18H20N6O2/c1-25-12-7-14-13(15(8-12)26-2)6-11(24-14)4-3-5-19-17-16-18(21-9-20-16)23-10-22-17/h6-10,24H,3-5H2,1-2H3,(H2,19,20,21,22,23). The molecule has 3 aromatic heterocycles. The molecule has 4 aromatic rings. The molecular weight excluding hydrogens is 332 g/mol. The number of aromatic nitrogens is 5. The van der Waals surface area contributed by atoms with Crippen LogP contribution < -0.4 is 14.8 Å². The number of fused-ring (bicyclic) bond motifs is 2. The molecule has 26 heavy (non-hydrogen) atoms. The molecule has 3 heterocycles. The highest BCUT2D eigenvalue weighted by Crippen LogP contribution is 2.31. The lowest BCUT2D eigenvalue weighted by Gasteiger charge is -2.05. The highest BCUT2D eigenvalue weighted by molar-refractivity contribution is 5.88. The molecule has 0 amide bonds.